The Morgan fingerprint density at radius 2 is 1.96 bits per heavy atom. The summed E-state index contributed by atoms with van der Waals surface area (Å²) in [6.45, 7) is 1.62. The maximum atomic E-state index is 12.0. The van der Waals surface area contributed by atoms with Crippen molar-refractivity contribution in [2.75, 3.05) is 33.7 Å². The maximum absolute atomic E-state index is 12.0. The number of guanidine groups is 1. The van der Waals surface area contributed by atoms with Gasteiger partial charge in [-0.15, -0.1) is 22.7 Å². The van der Waals surface area contributed by atoms with Gasteiger partial charge in [-0.25, -0.2) is 13.1 Å². The lowest BCUT2D eigenvalue weighted by molar-refractivity contribution is 0.486. The van der Waals surface area contributed by atoms with Gasteiger partial charge in [0.25, 0.3) is 0 Å². The molecule has 0 saturated carbocycles. The molecule has 2 aromatic heterocycles. The van der Waals surface area contributed by atoms with E-state index in [0.717, 1.165) is 18.9 Å². The molecule has 0 spiro atoms. The Labute approximate surface area is 151 Å². The van der Waals surface area contributed by atoms with Gasteiger partial charge in [0.1, 0.15) is 4.21 Å². The Balaban J connectivity index is 1.73. The van der Waals surface area contributed by atoms with Crippen LogP contribution in [0, 0.1) is 0 Å². The van der Waals surface area contributed by atoms with Crippen molar-refractivity contribution in [3.63, 3.8) is 0 Å². The van der Waals surface area contributed by atoms with Crippen molar-refractivity contribution in [1.29, 1.82) is 0 Å². The molecule has 0 atom stereocenters. The number of likely N-dealkylation sites (N-methyl/N-ethyl adjacent to an activating group) is 1. The monoisotopic (exact) mass is 386 g/mol. The molecule has 2 N–H and O–H groups in total. The number of rotatable bonds is 8. The summed E-state index contributed by atoms with van der Waals surface area (Å²) in [4.78, 5) is 7.60. The van der Waals surface area contributed by atoms with E-state index < -0.39 is 10.0 Å². The van der Waals surface area contributed by atoms with Gasteiger partial charge in [-0.2, -0.15) is 0 Å². The van der Waals surface area contributed by atoms with Crippen LogP contribution in [0.2, 0.25) is 0 Å². The quantitative estimate of drug-likeness (QED) is 0.412. The molecule has 0 aromatic carbocycles. The van der Waals surface area contributed by atoms with Gasteiger partial charge in [0.2, 0.25) is 10.0 Å². The molecule has 132 valence electrons. The molecule has 0 unspecified atom stereocenters. The number of thiophene rings is 2. The van der Waals surface area contributed by atoms with E-state index in [-0.39, 0.29) is 0 Å². The number of hydrogen-bond acceptors (Lipinski definition) is 5. The first-order valence-electron chi connectivity index (χ1n) is 7.50. The second-order valence-corrected chi connectivity index (χ2v) is 9.03. The SMILES string of the molecule is CN=C(NCCNS(=O)(=O)c1cccs1)N(C)CCc1cccs1. The molecule has 2 heterocycles. The largest absolute Gasteiger partial charge is 0.355 e. The van der Waals surface area contributed by atoms with Crippen molar-refractivity contribution >= 4 is 38.7 Å². The number of aliphatic imine (C=N–C) groups is 1. The van der Waals surface area contributed by atoms with E-state index in [9.17, 15) is 8.42 Å². The molecule has 0 fully saturated rings. The van der Waals surface area contributed by atoms with Crippen LogP contribution in [-0.4, -0.2) is 53.0 Å². The van der Waals surface area contributed by atoms with Crippen molar-refractivity contribution < 1.29 is 8.42 Å². The van der Waals surface area contributed by atoms with Crippen LogP contribution in [0.4, 0.5) is 0 Å². The predicted octanol–water partition coefficient (Wildman–Crippen LogP) is 1.84. The highest BCUT2D eigenvalue weighted by Gasteiger charge is 2.14. The number of hydrogen-bond donors (Lipinski definition) is 2. The lowest BCUT2D eigenvalue weighted by atomic mass is 10.3. The average molecular weight is 387 g/mol. The minimum Gasteiger partial charge on any atom is -0.355 e. The first kappa shape index (κ1) is 18.9. The second-order valence-electron chi connectivity index (χ2n) is 5.05. The van der Waals surface area contributed by atoms with Gasteiger partial charge in [0.05, 0.1) is 0 Å². The fraction of sp³-hybridized carbons (Fsp3) is 0.400. The van der Waals surface area contributed by atoms with Gasteiger partial charge in [-0.1, -0.05) is 12.1 Å². The van der Waals surface area contributed by atoms with E-state index in [1.165, 1.54) is 16.2 Å². The van der Waals surface area contributed by atoms with Crippen LogP contribution < -0.4 is 10.0 Å². The highest BCUT2D eigenvalue weighted by atomic mass is 32.2. The van der Waals surface area contributed by atoms with Crippen LogP contribution >= 0.6 is 22.7 Å². The summed E-state index contributed by atoms with van der Waals surface area (Å²) in [6, 6.07) is 7.49. The fourth-order valence-electron chi connectivity index (χ4n) is 2.07. The second kappa shape index (κ2) is 9.16. The highest BCUT2D eigenvalue weighted by Crippen LogP contribution is 2.14. The van der Waals surface area contributed by atoms with Gasteiger partial charge < -0.3 is 10.2 Å². The van der Waals surface area contributed by atoms with Crippen molar-refractivity contribution in [2.24, 2.45) is 4.99 Å². The Morgan fingerprint density at radius 3 is 2.58 bits per heavy atom. The van der Waals surface area contributed by atoms with Crippen molar-refractivity contribution in [3.8, 4) is 0 Å². The third kappa shape index (κ3) is 5.59. The standard InChI is InChI=1S/C15H22N4O2S3/c1-16-15(19(2)10-7-13-5-3-11-22-13)17-8-9-18-24(20,21)14-6-4-12-23-14/h3-6,11-12,18H,7-10H2,1-2H3,(H,16,17). The van der Waals surface area contributed by atoms with Crippen molar-refractivity contribution in [3.05, 3.63) is 39.9 Å². The fourth-order valence-corrected chi connectivity index (χ4v) is 4.84. The molecular formula is C15H22N4O2S3. The molecule has 0 bridgehead atoms. The van der Waals surface area contributed by atoms with E-state index in [0.29, 0.717) is 17.3 Å². The topological polar surface area (TPSA) is 73.8 Å². The first-order valence-corrected chi connectivity index (χ1v) is 10.7. The van der Waals surface area contributed by atoms with Gasteiger partial charge in [-0.3, -0.25) is 4.99 Å². The van der Waals surface area contributed by atoms with Gasteiger partial charge in [-0.05, 0) is 29.3 Å². The third-order valence-electron chi connectivity index (χ3n) is 3.31. The molecular weight excluding hydrogens is 364 g/mol. The number of sulfonamides is 1. The summed E-state index contributed by atoms with van der Waals surface area (Å²) in [5.41, 5.74) is 0. The lowest BCUT2D eigenvalue weighted by Crippen LogP contribution is -2.43. The molecule has 0 aliphatic carbocycles. The third-order valence-corrected chi connectivity index (χ3v) is 7.10. The van der Waals surface area contributed by atoms with Crippen LogP contribution in [0.5, 0.6) is 0 Å². The summed E-state index contributed by atoms with van der Waals surface area (Å²) in [7, 11) is 0.288. The Hall–Kier alpha value is -1.42. The maximum Gasteiger partial charge on any atom is 0.250 e. The number of nitrogens with zero attached hydrogens (tertiary/aromatic N) is 2. The molecule has 2 aromatic rings. The summed E-state index contributed by atoms with van der Waals surface area (Å²) >= 11 is 2.95. The van der Waals surface area contributed by atoms with Crippen LogP contribution in [-0.2, 0) is 16.4 Å². The van der Waals surface area contributed by atoms with Gasteiger partial charge in [0.15, 0.2) is 5.96 Å². The zero-order chi connectivity index (χ0) is 17.4. The Kier molecular flexibility index (Phi) is 7.22. The zero-order valence-corrected chi connectivity index (χ0v) is 16.2. The van der Waals surface area contributed by atoms with E-state index >= 15 is 0 Å². The molecule has 0 aliphatic rings. The molecule has 9 heteroatoms. The molecule has 6 nitrogen and oxygen atoms in total. The van der Waals surface area contributed by atoms with E-state index in [2.05, 4.69) is 26.5 Å². The molecule has 0 amide bonds. The van der Waals surface area contributed by atoms with Crippen LogP contribution in [0.15, 0.2) is 44.2 Å². The normalized spacial score (nSPS) is 12.3. The summed E-state index contributed by atoms with van der Waals surface area (Å²) < 4.78 is 26.9. The molecule has 0 saturated heterocycles. The number of nitrogens with one attached hydrogen (secondary N) is 2. The molecule has 0 radical (unpaired) electrons. The van der Waals surface area contributed by atoms with E-state index in [1.807, 2.05) is 18.0 Å². The molecule has 2 rings (SSSR count). The zero-order valence-electron chi connectivity index (χ0n) is 13.7. The van der Waals surface area contributed by atoms with Crippen molar-refractivity contribution in [1.82, 2.24) is 14.9 Å². The average Bonchev–Trinajstić information content (AvgIpc) is 3.26. The van der Waals surface area contributed by atoms with Crippen LogP contribution in [0.1, 0.15) is 4.88 Å². The highest BCUT2D eigenvalue weighted by molar-refractivity contribution is 7.91. The Morgan fingerprint density at radius 1 is 1.21 bits per heavy atom. The minimum absolute atomic E-state index is 0.304. The van der Waals surface area contributed by atoms with E-state index in [1.54, 1.807) is 35.9 Å². The summed E-state index contributed by atoms with van der Waals surface area (Å²) in [5.74, 6) is 0.752. The molecule has 0 aliphatic heterocycles. The first-order chi connectivity index (χ1) is 11.5. The van der Waals surface area contributed by atoms with Crippen LogP contribution in [0.25, 0.3) is 0 Å². The minimum atomic E-state index is -3.41. The van der Waals surface area contributed by atoms with Crippen LogP contribution in [0.3, 0.4) is 0 Å². The van der Waals surface area contributed by atoms with Gasteiger partial charge in [0, 0.05) is 38.6 Å². The lowest BCUT2D eigenvalue weighted by Gasteiger charge is -2.21. The Bertz CT molecular complexity index is 725. The van der Waals surface area contributed by atoms with Crippen molar-refractivity contribution in [2.45, 2.75) is 10.6 Å². The molecule has 24 heavy (non-hydrogen) atoms. The van der Waals surface area contributed by atoms with Gasteiger partial charge >= 0.3 is 0 Å². The predicted molar refractivity (Wildman–Crippen MR) is 102 cm³/mol. The smallest absolute Gasteiger partial charge is 0.250 e. The summed E-state index contributed by atoms with van der Waals surface area (Å²) in [6.07, 6.45) is 0.958. The summed E-state index contributed by atoms with van der Waals surface area (Å²) in [5, 5.41) is 6.99. The van der Waals surface area contributed by atoms with E-state index in [4.69, 9.17) is 0 Å².